The van der Waals surface area contributed by atoms with Crippen LogP contribution in [0.2, 0.25) is 0 Å². The third kappa shape index (κ3) is 8.63. The molecule has 2 rings (SSSR count). The van der Waals surface area contributed by atoms with Crippen molar-refractivity contribution in [3.05, 3.63) is 42.1 Å². The third-order valence-electron chi connectivity index (χ3n) is 6.02. The topological polar surface area (TPSA) is 24.7 Å². The minimum atomic E-state index is 0.503. The molecule has 0 bridgehead atoms. The molecule has 1 aromatic carbocycles. The van der Waals surface area contributed by atoms with Crippen molar-refractivity contribution in [2.45, 2.75) is 97.3 Å². The molecular formula is C26H41N2+. The first kappa shape index (κ1) is 22.7. The first-order chi connectivity index (χ1) is 13.8. The lowest BCUT2D eigenvalue weighted by Gasteiger charge is -2.26. The van der Waals surface area contributed by atoms with Gasteiger partial charge in [-0.25, -0.2) is 0 Å². The molecule has 1 aliphatic heterocycles. The Labute approximate surface area is 174 Å². The summed E-state index contributed by atoms with van der Waals surface area (Å²) in [6, 6.07) is 11.0. The summed E-state index contributed by atoms with van der Waals surface area (Å²) in [6.07, 6.45) is 22.0. The van der Waals surface area contributed by atoms with Crippen LogP contribution in [0.25, 0.3) is 0 Å². The number of unbranched alkanes of at least 4 members (excludes halogenated alkanes) is 8. The van der Waals surface area contributed by atoms with E-state index in [0.29, 0.717) is 11.8 Å². The van der Waals surface area contributed by atoms with Crippen molar-refractivity contribution in [3.63, 3.8) is 0 Å². The summed E-state index contributed by atoms with van der Waals surface area (Å²) in [5, 5.41) is 0. The predicted molar refractivity (Wildman–Crippen MR) is 124 cm³/mol. The largest absolute Gasteiger partial charge is 0.244 e. The minimum Gasteiger partial charge on any atom is -0.0965 e. The molecule has 0 radical (unpaired) electrons. The molecule has 0 aliphatic carbocycles. The van der Waals surface area contributed by atoms with Crippen LogP contribution < -0.4 is 0 Å². The summed E-state index contributed by atoms with van der Waals surface area (Å²) in [5.74, 6) is 1.15. The second-order valence-corrected chi connectivity index (χ2v) is 8.38. The fourth-order valence-electron chi connectivity index (χ4n) is 4.36. The van der Waals surface area contributed by atoms with E-state index in [1.165, 1.54) is 82.6 Å². The zero-order valence-electron chi connectivity index (χ0n) is 18.3. The lowest BCUT2D eigenvalue weighted by Crippen LogP contribution is -2.22. The van der Waals surface area contributed by atoms with Gasteiger partial charge < -0.3 is 0 Å². The Morgan fingerprint density at radius 3 is 1.96 bits per heavy atom. The number of hydrogen-bond acceptors (Lipinski definition) is 2. The molecule has 0 fully saturated rings. The van der Waals surface area contributed by atoms with Crippen molar-refractivity contribution < 1.29 is 0 Å². The Balaban J connectivity index is 1.94. The van der Waals surface area contributed by atoms with Crippen molar-refractivity contribution in [2.24, 2.45) is 21.8 Å². The van der Waals surface area contributed by atoms with Crippen LogP contribution in [0, 0.1) is 18.0 Å². The number of nitrogens with zero attached hydrogens (tertiary/aromatic N) is 2. The van der Waals surface area contributed by atoms with Crippen molar-refractivity contribution in [3.8, 4) is 0 Å². The van der Waals surface area contributed by atoms with Crippen LogP contribution >= 0.6 is 0 Å². The first-order valence-electron chi connectivity index (χ1n) is 11.8. The van der Waals surface area contributed by atoms with E-state index in [2.05, 4.69) is 54.2 Å². The second-order valence-electron chi connectivity index (χ2n) is 8.38. The highest BCUT2D eigenvalue weighted by Gasteiger charge is 2.35. The van der Waals surface area contributed by atoms with Crippen LogP contribution in [0.3, 0.4) is 0 Å². The molecule has 2 unspecified atom stereocenters. The van der Waals surface area contributed by atoms with E-state index in [9.17, 15) is 0 Å². The molecule has 154 valence electrons. The van der Waals surface area contributed by atoms with Crippen LogP contribution in [0.5, 0.6) is 0 Å². The zero-order valence-corrected chi connectivity index (χ0v) is 18.3. The van der Waals surface area contributed by atoms with E-state index in [1.54, 1.807) is 0 Å². The summed E-state index contributed by atoms with van der Waals surface area (Å²) in [5.41, 5.74) is 1.46. The Morgan fingerprint density at radius 1 is 0.714 bits per heavy atom. The second kappa shape index (κ2) is 14.4. The van der Waals surface area contributed by atoms with E-state index in [-0.39, 0.29) is 0 Å². The van der Waals surface area contributed by atoms with E-state index in [0.717, 1.165) is 12.6 Å². The molecule has 0 N–H and O–H groups in total. The van der Waals surface area contributed by atoms with Crippen LogP contribution in [0.15, 0.2) is 40.3 Å². The molecule has 0 aromatic heterocycles. The Morgan fingerprint density at radius 2 is 1.29 bits per heavy atom. The molecule has 0 amide bonds. The molecule has 0 saturated carbocycles. The van der Waals surface area contributed by atoms with Gasteiger partial charge in [0.15, 0.2) is 12.4 Å². The van der Waals surface area contributed by atoms with E-state index < -0.39 is 0 Å². The van der Waals surface area contributed by atoms with Gasteiger partial charge in [0.2, 0.25) is 6.17 Å². The minimum absolute atomic E-state index is 0.503. The molecular weight excluding hydrogens is 340 g/mol. The average Bonchev–Trinajstić information content (AvgIpc) is 3.25. The number of hydrogen-bond donors (Lipinski definition) is 0. The normalized spacial score (nSPS) is 15.3. The number of aliphatic imine (C=N–C) groups is 2. The lowest BCUT2D eigenvalue weighted by molar-refractivity contribution is 0.285. The lowest BCUT2D eigenvalue weighted by atomic mass is 9.78. The van der Waals surface area contributed by atoms with Crippen LogP contribution in [0.4, 0.5) is 0 Å². The summed E-state index contributed by atoms with van der Waals surface area (Å²) in [7, 11) is 0. The summed E-state index contributed by atoms with van der Waals surface area (Å²) < 4.78 is 0. The molecule has 1 heterocycles. The molecule has 2 heteroatoms. The van der Waals surface area contributed by atoms with Gasteiger partial charge in [-0.05, 0) is 30.7 Å². The summed E-state index contributed by atoms with van der Waals surface area (Å²) in [6.45, 7) is 4.58. The van der Waals surface area contributed by atoms with Crippen molar-refractivity contribution in [1.29, 1.82) is 0 Å². The van der Waals surface area contributed by atoms with Gasteiger partial charge in [0.05, 0.1) is 5.92 Å². The van der Waals surface area contributed by atoms with Gasteiger partial charge in [-0.2, -0.15) is 0 Å². The fourth-order valence-corrected chi connectivity index (χ4v) is 4.36. The first-order valence-corrected chi connectivity index (χ1v) is 11.8. The zero-order chi connectivity index (χ0) is 19.9. The van der Waals surface area contributed by atoms with Gasteiger partial charge in [-0.3, -0.25) is 0 Å². The predicted octanol–water partition coefficient (Wildman–Crippen LogP) is 7.83. The van der Waals surface area contributed by atoms with Crippen molar-refractivity contribution in [2.75, 3.05) is 0 Å². The van der Waals surface area contributed by atoms with Gasteiger partial charge in [0.25, 0.3) is 0 Å². The molecule has 1 aromatic rings. The van der Waals surface area contributed by atoms with Crippen molar-refractivity contribution in [1.82, 2.24) is 0 Å². The summed E-state index contributed by atoms with van der Waals surface area (Å²) >= 11 is 0. The molecule has 1 aliphatic rings. The van der Waals surface area contributed by atoms with Gasteiger partial charge in [-0.15, -0.1) is 0 Å². The standard InChI is InChI=1S/C26H41N2/c1-3-5-7-8-9-10-15-19-25(26-27-20-21-28-26)24(18-12-6-4-2)22-23-16-13-11-14-17-23/h11,13-14,16-17,20-21,24-25H,3-10,12,15,18-19,22H2,1-2H3/q+1. The quantitative estimate of drug-likeness (QED) is 0.206. The SMILES string of the molecule is CCCCCCCCCC([C+]1N=CC=N1)C(CCCCC)Cc1ccccc1. The summed E-state index contributed by atoms with van der Waals surface area (Å²) in [4.78, 5) is 9.27. The van der Waals surface area contributed by atoms with Gasteiger partial charge in [0.1, 0.15) is 0 Å². The van der Waals surface area contributed by atoms with Crippen LogP contribution in [-0.4, -0.2) is 12.4 Å². The van der Waals surface area contributed by atoms with Crippen LogP contribution in [-0.2, 0) is 6.42 Å². The molecule has 2 nitrogen and oxygen atoms in total. The van der Waals surface area contributed by atoms with E-state index in [4.69, 9.17) is 0 Å². The van der Waals surface area contributed by atoms with E-state index >= 15 is 0 Å². The average molecular weight is 382 g/mol. The maximum atomic E-state index is 4.64. The highest BCUT2D eigenvalue weighted by molar-refractivity contribution is 6.18. The maximum absolute atomic E-state index is 4.64. The maximum Gasteiger partial charge on any atom is 0.244 e. The van der Waals surface area contributed by atoms with Gasteiger partial charge in [0, 0.05) is 0 Å². The highest BCUT2D eigenvalue weighted by atomic mass is 15.0. The molecule has 0 saturated heterocycles. The van der Waals surface area contributed by atoms with E-state index in [1.807, 2.05) is 12.4 Å². The smallest absolute Gasteiger partial charge is 0.0965 e. The molecule has 28 heavy (non-hydrogen) atoms. The monoisotopic (exact) mass is 381 g/mol. The Hall–Kier alpha value is -1.57. The fraction of sp³-hybridized carbons (Fsp3) is 0.654. The Kier molecular flexibility index (Phi) is 11.7. The third-order valence-corrected chi connectivity index (χ3v) is 6.02. The van der Waals surface area contributed by atoms with Crippen molar-refractivity contribution >= 4 is 12.4 Å². The number of benzene rings is 1. The van der Waals surface area contributed by atoms with Crippen LogP contribution in [0.1, 0.15) is 96.5 Å². The van der Waals surface area contributed by atoms with Gasteiger partial charge in [-0.1, -0.05) is 118 Å². The molecule has 0 spiro atoms. The Bertz CT molecular complexity index is 537. The highest BCUT2D eigenvalue weighted by Crippen LogP contribution is 2.36. The molecule has 2 atom stereocenters. The number of rotatable bonds is 16. The van der Waals surface area contributed by atoms with Gasteiger partial charge >= 0.3 is 0 Å².